The van der Waals surface area contributed by atoms with Crippen molar-refractivity contribution in [1.29, 1.82) is 0 Å². The zero-order chi connectivity index (χ0) is 13.8. The molecule has 0 fully saturated rings. The number of hydrogen-bond acceptors (Lipinski definition) is 2. The van der Waals surface area contributed by atoms with E-state index in [1.807, 2.05) is 6.07 Å². The first-order valence-corrected chi connectivity index (χ1v) is 6.02. The third-order valence-electron chi connectivity index (χ3n) is 2.60. The first-order chi connectivity index (χ1) is 9.06. The Bertz CT molecular complexity index is 616. The van der Waals surface area contributed by atoms with Crippen molar-refractivity contribution >= 4 is 23.2 Å². The van der Waals surface area contributed by atoms with Crippen LogP contribution in [0.4, 0.5) is 10.1 Å². The molecule has 0 aliphatic rings. The molecule has 0 atom stereocenters. The summed E-state index contributed by atoms with van der Waals surface area (Å²) >= 11 is 5.84. The Morgan fingerprint density at radius 3 is 2.74 bits per heavy atom. The molecule has 2 aromatic rings. The number of carbonyl (C=O) groups is 1. The summed E-state index contributed by atoms with van der Waals surface area (Å²) in [6.07, 6.45) is 0. The molecule has 3 N–H and O–H groups in total. The average molecular weight is 279 g/mol. The van der Waals surface area contributed by atoms with E-state index in [0.717, 1.165) is 5.56 Å². The van der Waals surface area contributed by atoms with E-state index < -0.39 is 5.82 Å². The molecule has 0 bridgehead atoms. The largest absolute Gasteiger partial charge is 0.396 e. The molecule has 0 aromatic heterocycles. The fourth-order valence-corrected chi connectivity index (χ4v) is 1.83. The van der Waals surface area contributed by atoms with E-state index in [1.165, 1.54) is 18.2 Å². The van der Waals surface area contributed by atoms with Crippen molar-refractivity contribution in [3.05, 3.63) is 64.4 Å². The first kappa shape index (κ1) is 13.4. The Kier molecular flexibility index (Phi) is 4.02. The van der Waals surface area contributed by atoms with Crippen LogP contribution in [0.1, 0.15) is 15.9 Å². The van der Waals surface area contributed by atoms with Gasteiger partial charge in [-0.25, -0.2) is 4.39 Å². The van der Waals surface area contributed by atoms with Crippen LogP contribution in [0.15, 0.2) is 42.5 Å². The van der Waals surface area contributed by atoms with Gasteiger partial charge >= 0.3 is 0 Å². The summed E-state index contributed by atoms with van der Waals surface area (Å²) in [5.74, 6) is -0.849. The predicted octanol–water partition coefficient (Wildman–Crippen LogP) is 2.99. The van der Waals surface area contributed by atoms with E-state index in [-0.39, 0.29) is 11.6 Å². The van der Waals surface area contributed by atoms with E-state index >= 15 is 0 Å². The summed E-state index contributed by atoms with van der Waals surface area (Å²) in [7, 11) is 0. The Balaban J connectivity index is 2.03. The van der Waals surface area contributed by atoms with Gasteiger partial charge in [0, 0.05) is 17.1 Å². The number of nitrogen functional groups attached to an aromatic ring is 1. The summed E-state index contributed by atoms with van der Waals surface area (Å²) in [5, 5.41) is 3.32. The number of nitrogens with one attached hydrogen (secondary N) is 1. The molecule has 0 radical (unpaired) electrons. The van der Waals surface area contributed by atoms with Gasteiger partial charge in [0.05, 0.1) is 5.69 Å². The standard InChI is InChI=1S/C14H12ClFN2O/c15-11-3-1-2-9(6-11)8-18-14(19)10-4-5-12(16)13(17)7-10/h1-7H,8,17H2,(H,18,19). The molecule has 5 heteroatoms. The maximum Gasteiger partial charge on any atom is 0.251 e. The van der Waals surface area contributed by atoms with Gasteiger partial charge in [0.15, 0.2) is 0 Å². The van der Waals surface area contributed by atoms with Crippen LogP contribution in [0.5, 0.6) is 0 Å². The maximum atomic E-state index is 13.0. The third kappa shape index (κ3) is 3.45. The fourth-order valence-electron chi connectivity index (χ4n) is 1.62. The van der Waals surface area contributed by atoms with Gasteiger partial charge in [0.2, 0.25) is 0 Å². The lowest BCUT2D eigenvalue weighted by Gasteiger charge is -2.06. The van der Waals surface area contributed by atoms with E-state index in [9.17, 15) is 9.18 Å². The summed E-state index contributed by atoms with van der Waals surface area (Å²) in [6.45, 7) is 0.344. The highest BCUT2D eigenvalue weighted by Crippen LogP contribution is 2.13. The van der Waals surface area contributed by atoms with Crippen molar-refractivity contribution < 1.29 is 9.18 Å². The monoisotopic (exact) mass is 278 g/mol. The van der Waals surface area contributed by atoms with Gasteiger partial charge in [-0.2, -0.15) is 0 Å². The molecule has 0 spiro atoms. The number of carbonyl (C=O) groups excluding carboxylic acids is 1. The van der Waals surface area contributed by atoms with Crippen molar-refractivity contribution in [2.45, 2.75) is 6.54 Å². The predicted molar refractivity (Wildman–Crippen MR) is 73.4 cm³/mol. The zero-order valence-corrected chi connectivity index (χ0v) is 10.7. The van der Waals surface area contributed by atoms with Gasteiger partial charge in [-0.1, -0.05) is 23.7 Å². The molecule has 0 saturated heterocycles. The Hall–Kier alpha value is -2.07. The lowest BCUT2D eigenvalue weighted by Crippen LogP contribution is -2.22. The van der Waals surface area contributed by atoms with Crippen LogP contribution in [-0.2, 0) is 6.54 Å². The van der Waals surface area contributed by atoms with Crippen LogP contribution in [0.3, 0.4) is 0 Å². The van der Waals surface area contributed by atoms with E-state index in [2.05, 4.69) is 5.32 Å². The smallest absolute Gasteiger partial charge is 0.251 e. The minimum absolute atomic E-state index is 0.0459. The molecule has 19 heavy (non-hydrogen) atoms. The molecule has 0 heterocycles. The van der Waals surface area contributed by atoms with E-state index in [4.69, 9.17) is 17.3 Å². The van der Waals surface area contributed by atoms with Crippen LogP contribution in [-0.4, -0.2) is 5.91 Å². The minimum Gasteiger partial charge on any atom is -0.396 e. The lowest BCUT2D eigenvalue weighted by molar-refractivity contribution is 0.0951. The Morgan fingerprint density at radius 1 is 1.26 bits per heavy atom. The second kappa shape index (κ2) is 5.71. The number of benzene rings is 2. The van der Waals surface area contributed by atoms with Crippen molar-refractivity contribution in [2.75, 3.05) is 5.73 Å². The topological polar surface area (TPSA) is 55.1 Å². The third-order valence-corrected chi connectivity index (χ3v) is 2.84. The van der Waals surface area contributed by atoms with Crippen molar-refractivity contribution in [2.24, 2.45) is 0 Å². The zero-order valence-electron chi connectivity index (χ0n) is 9.99. The second-order valence-electron chi connectivity index (χ2n) is 4.05. The van der Waals surface area contributed by atoms with Gasteiger partial charge in [0.1, 0.15) is 5.82 Å². The van der Waals surface area contributed by atoms with E-state index in [1.54, 1.807) is 18.2 Å². The van der Waals surface area contributed by atoms with Crippen LogP contribution < -0.4 is 11.1 Å². The average Bonchev–Trinajstić information content (AvgIpc) is 2.39. The number of amides is 1. The van der Waals surface area contributed by atoms with Crippen molar-refractivity contribution in [3.8, 4) is 0 Å². The number of nitrogens with two attached hydrogens (primary N) is 1. The number of anilines is 1. The van der Waals surface area contributed by atoms with Crippen LogP contribution in [0.25, 0.3) is 0 Å². The highest BCUT2D eigenvalue weighted by Gasteiger charge is 2.07. The summed E-state index contributed by atoms with van der Waals surface area (Å²) in [5.41, 5.74) is 6.57. The molecule has 98 valence electrons. The van der Waals surface area contributed by atoms with Crippen LogP contribution in [0, 0.1) is 5.82 Å². The van der Waals surface area contributed by atoms with Gasteiger partial charge < -0.3 is 11.1 Å². The molecular weight excluding hydrogens is 267 g/mol. The van der Waals surface area contributed by atoms with Gasteiger partial charge in [0.25, 0.3) is 5.91 Å². The first-order valence-electron chi connectivity index (χ1n) is 5.64. The summed E-state index contributed by atoms with van der Waals surface area (Å²) in [4.78, 5) is 11.8. The number of halogens is 2. The van der Waals surface area contributed by atoms with Crippen LogP contribution in [0.2, 0.25) is 5.02 Å². The van der Waals surface area contributed by atoms with Crippen molar-refractivity contribution in [1.82, 2.24) is 5.32 Å². The van der Waals surface area contributed by atoms with E-state index in [0.29, 0.717) is 17.1 Å². The van der Waals surface area contributed by atoms with Crippen molar-refractivity contribution in [3.63, 3.8) is 0 Å². The molecule has 0 aliphatic heterocycles. The highest BCUT2D eigenvalue weighted by atomic mass is 35.5. The second-order valence-corrected chi connectivity index (χ2v) is 4.49. The Morgan fingerprint density at radius 2 is 2.05 bits per heavy atom. The normalized spacial score (nSPS) is 10.2. The molecule has 0 saturated carbocycles. The molecule has 2 rings (SSSR count). The quantitative estimate of drug-likeness (QED) is 0.848. The maximum absolute atomic E-state index is 13.0. The lowest BCUT2D eigenvalue weighted by atomic mass is 10.1. The van der Waals surface area contributed by atoms with Crippen LogP contribution >= 0.6 is 11.6 Å². The summed E-state index contributed by atoms with van der Waals surface area (Å²) in [6, 6.07) is 11.0. The fraction of sp³-hybridized carbons (Fsp3) is 0.0714. The number of hydrogen-bond donors (Lipinski definition) is 2. The molecule has 2 aromatic carbocycles. The van der Waals surface area contributed by atoms with Gasteiger partial charge in [-0.3, -0.25) is 4.79 Å². The number of rotatable bonds is 3. The minimum atomic E-state index is -0.536. The highest BCUT2D eigenvalue weighted by molar-refractivity contribution is 6.30. The summed E-state index contributed by atoms with van der Waals surface area (Å²) < 4.78 is 13.0. The van der Waals surface area contributed by atoms with Gasteiger partial charge in [-0.05, 0) is 35.9 Å². The Labute approximate surface area is 115 Å². The van der Waals surface area contributed by atoms with Gasteiger partial charge in [-0.15, -0.1) is 0 Å². The molecule has 0 aliphatic carbocycles. The molecule has 0 unspecified atom stereocenters. The molecular formula is C14H12ClFN2O. The SMILES string of the molecule is Nc1cc(C(=O)NCc2cccc(Cl)c2)ccc1F. The molecule has 3 nitrogen and oxygen atoms in total. The molecule has 1 amide bonds.